The van der Waals surface area contributed by atoms with E-state index >= 15 is 0 Å². The molecule has 1 unspecified atom stereocenters. The van der Waals surface area contributed by atoms with Crippen molar-refractivity contribution in [1.82, 2.24) is 15.5 Å². The molecule has 122 valence electrons. The predicted octanol–water partition coefficient (Wildman–Crippen LogP) is 1.80. The molecule has 2 amide bonds. The maximum atomic E-state index is 11.6. The highest BCUT2D eigenvalue weighted by Crippen LogP contribution is 2.10. The molecule has 0 aliphatic carbocycles. The smallest absolute Gasteiger partial charge is 0.314 e. The number of carbonyl (C=O) groups is 2. The van der Waals surface area contributed by atoms with Crippen LogP contribution < -0.4 is 10.6 Å². The first-order chi connectivity index (χ1) is 10.1. The van der Waals surface area contributed by atoms with Crippen molar-refractivity contribution in [3.63, 3.8) is 0 Å². The minimum Gasteiger partial charge on any atom is -0.481 e. The minimum atomic E-state index is -0.736. The van der Waals surface area contributed by atoms with Crippen LogP contribution in [-0.4, -0.2) is 54.2 Å². The third-order valence-corrected chi connectivity index (χ3v) is 3.93. The Morgan fingerprint density at radius 1 is 1.10 bits per heavy atom. The Kier molecular flexibility index (Phi) is 8.82. The Labute approximate surface area is 127 Å². The maximum Gasteiger partial charge on any atom is 0.314 e. The molecule has 1 aliphatic heterocycles. The van der Waals surface area contributed by atoms with Crippen molar-refractivity contribution in [1.29, 1.82) is 0 Å². The van der Waals surface area contributed by atoms with E-state index in [9.17, 15) is 9.59 Å². The molecule has 0 spiro atoms. The van der Waals surface area contributed by atoms with E-state index in [-0.39, 0.29) is 12.5 Å². The van der Waals surface area contributed by atoms with Crippen LogP contribution in [0.2, 0.25) is 0 Å². The zero-order valence-corrected chi connectivity index (χ0v) is 13.1. The molecule has 1 rings (SSSR count). The quantitative estimate of drug-likeness (QED) is 0.537. The molecule has 0 aromatic rings. The van der Waals surface area contributed by atoms with Crippen LogP contribution in [0.3, 0.4) is 0 Å². The number of hydrogen-bond donors (Lipinski definition) is 3. The van der Waals surface area contributed by atoms with Gasteiger partial charge in [0, 0.05) is 25.6 Å². The van der Waals surface area contributed by atoms with Crippen LogP contribution in [0.5, 0.6) is 0 Å². The van der Waals surface area contributed by atoms with Crippen molar-refractivity contribution in [3.8, 4) is 0 Å². The molecule has 1 atom stereocenters. The summed E-state index contributed by atoms with van der Waals surface area (Å²) in [5.74, 6) is -0.736. The zero-order valence-electron chi connectivity index (χ0n) is 13.1. The zero-order chi connectivity index (χ0) is 15.5. The van der Waals surface area contributed by atoms with E-state index in [1.165, 1.54) is 12.8 Å². The summed E-state index contributed by atoms with van der Waals surface area (Å²) in [6.07, 6.45) is 6.24. The number of hydrogen-bond acceptors (Lipinski definition) is 3. The van der Waals surface area contributed by atoms with Crippen LogP contribution in [0.15, 0.2) is 0 Å². The molecule has 1 saturated heterocycles. The van der Waals surface area contributed by atoms with Crippen LogP contribution in [-0.2, 0) is 4.79 Å². The van der Waals surface area contributed by atoms with Gasteiger partial charge < -0.3 is 15.7 Å². The third kappa shape index (κ3) is 8.55. The first kappa shape index (κ1) is 17.8. The van der Waals surface area contributed by atoms with Crippen LogP contribution in [0.1, 0.15) is 51.9 Å². The fraction of sp³-hybridized carbons (Fsp3) is 0.867. The van der Waals surface area contributed by atoms with Crippen LogP contribution in [0, 0.1) is 0 Å². The summed E-state index contributed by atoms with van der Waals surface area (Å²) >= 11 is 0. The Morgan fingerprint density at radius 3 is 2.43 bits per heavy atom. The largest absolute Gasteiger partial charge is 0.481 e. The first-order valence-corrected chi connectivity index (χ1v) is 8.07. The Hall–Kier alpha value is -1.30. The lowest BCUT2D eigenvalue weighted by molar-refractivity contribution is -0.137. The number of nitrogens with zero attached hydrogens (tertiary/aromatic N) is 1. The lowest BCUT2D eigenvalue weighted by Crippen LogP contribution is -2.44. The predicted molar refractivity (Wildman–Crippen MR) is 82.4 cm³/mol. The Balaban J connectivity index is 1.92. The van der Waals surface area contributed by atoms with Crippen molar-refractivity contribution < 1.29 is 14.7 Å². The average Bonchev–Trinajstić information content (AvgIpc) is 2.97. The van der Waals surface area contributed by atoms with Gasteiger partial charge in [-0.3, -0.25) is 9.69 Å². The standard InChI is InChI=1S/C15H29N3O3/c1-13(18-10-6-7-11-18)12-17-15(21)16-9-5-3-2-4-8-14(19)20/h13H,2-12H2,1H3,(H,19,20)(H2,16,17,21). The highest BCUT2D eigenvalue weighted by molar-refractivity contribution is 5.73. The van der Waals surface area contributed by atoms with Gasteiger partial charge in [-0.25, -0.2) is 4.79 Å². The number of likely N-dealkylation sites (tertiary alicyclic amines) is 1. The van der Waals surface area contributed by atoms with Crippen molar-refractivity contribution in [3.05, 3.63) is 0 Å². The number of rotatable bonds is 10. The second-order valence-corrected chi connectivity index (χ2v) is 5.79. The van der Waals surface area contributed by atoms with E-state index in [2.05, 4.69) is 22.5 Å². The summed E-state index contributed by atoms with van der Waals surface area (Å²) in [5, 5.41) is 14.3. The summed E-state index contributed by atoms with van der Waals surface area (Å²) in [6.45, 7) is 5.76. The number of urea groups is 1. The summed E-state index contributed by atoms with van der Waals surface area (Å²) in [4.78, 5) is 24.4. The van der Waals surface area contributed by atoms with E-state index in [1.54, 1.807) is 0 Å². The number of aliphatic carboxylic acids is 1. The number of nitrogens with one attached hydrogen (secondary N) is 2. The molecule has 3 N–H and O–H groups in total. The molecule has 0 aromatic heterocycles. The number of carboxylic acid groups (broad SMARTS) is 1. The van der Waals surface area contributed by atoms with Gasteiger partial charge in [-0.2, -0.15) is 0 Å². The molecular formula is C15H29N3O3. The highest BCUT2D eigenvalue weighted by Gasteiger charge is 2.18. The van der Waals surface area contributed by atoms with E-state index in [1.807, 2.05) is 0 Å². The molecule has 0 bridgehead atoms. The Bertz CT molecular complexity index is 317. The minimum absolute atomic E-state index is 0.105. The van der Waals surface area contributed by atoms with Gasteiger partial charge in [0.15, 0.2) is 0 Å². The van der Waals surface area contributed by atoms with Gasteiger partial charge in [-0.05, 0) is 45.7 Å². The topological polar surface area (TPSA) is 81.7 Å². The van der Waals surface area contributed by atoms with Crippen molar-refractivity contribution in [2.24, 2.45) is 0 Å². The van der Waals surface area contributed by atoms with Gasteiger partial charge in [0.1, 0.15) is 0 Å². The second kappa shape index (κ2) is 10.4. The first-order valence-electron chi connectivity index (χ1n) is 8.07. The number of carboxylic acids is 1. The van der Waals surface area contributed by atoms with Crippen molar-refractivity contribution >= 4 is 12.0 Å². The van der Waals surface area contributed by atoms with Crippen molar-refractivity contribution in [2.75, 3.05) is 26.2 Å². The highest BCUT2D eigenvalue weighted by atomic mass is 16.4. The maximum absolute atomic E-state index is 11.6. The number of amides is 2. The van der Waals surface area contributed by atoms with Crippen LogP contribution in [0.4, 0.5) is 4.79 Å². The van der Waals surface area contributed by atoms with E-state index in [4.69, 9.17) is 5.11 Å². The van der Waals surface area contributed by atoms with Gasteiger partial charge in [0.2, 0.25) is 0 Å². The van der Waals surface area contributed by atoms with Crippen molar-refractivity contribution in [2.45, 2.75) is 57.9 Å². The normalized spacial score (nSPS) is 16.6. The van der Waals surface area contributed by atoms with Gasteiger partial charge >= 0.3 is 12.0 Å². The molecule has 0 radical (unpaired) electrons. The Morgan fingerprint density at radius 2 is 1.76 bits per heavy atom. The third-order valence-electron chi connectivity index (χ3n) is 3.93. The molecule has 1 fully saturated rings. The van der Waals surface area contributed by atoms with Gasteiger partial charge in [-0.1, -0.05) is 12.8 Å². The van der Waals surface area contributed by atoms with Gasteiger partial charge in [0.25, 0.3) is 0 Å². The summed E-state index contributed by atoms with van der Waals surface area (Å²) in [5.41, 5.74) is 0. The van der Waals surface area contributed by atoms with Crippen LogP contribution >= 0.6 is 0 Å². The van der Waals surface area contributed by atoms with Crippen LogP contribution in [0.25, 0.3) is 0 Å². The fourth-order valence-corrected chi connectivity index (χ4v) is 2.57. The number of carbonyl (C=O) groups excluding carboxylic acids is 1. The molecule has 1 heterocycles. The SMILES string of the molecule is CC(CNC(=O)NCCCCCCC(=O)O)N1CCCC1. The van der Waals surface area contributed by atoms with Gasteiger partial charge in [-0.15, -0.1) is 0 Å². The molecule has 6 nitrogen and oxygen atoms in total. The van der Waals surface area contributed by atoms with Gasteiger partial charge in [0.05, 0.1) is 0 Å². The molecule has 0 saturated carbocycles. The summed E-state index contributed by atoms with van der Waals surface area (Å²) in [7, 11) is 0. The van der Waals surface area contributed by atoms with E-state index in [0.717, 1.165) is 38.8 Å². The molecule has 21 heavy (non-hydrogen) atoms. The lowest BCUT2D eigenvalue weighted by atomic mass is 10.1. The number of unbranched alkanes of at least 4 members (excludes halogenated alkanes) is 3. The van der Waals surface area contributed by atoms with E-state index < -0.39 is 5.97 Å². The second-order valence-electron chi connectivity index (χ2n) is 5.79. The summed E-state index contributed by atoms with van der Waals surface area (Å²) in [6, 6.07) is 0.292. The lowest BCUT2D eigenvalue weighted by Gasteiger charge is -2.23. The summed E-state index contributed by atoms with van der Waals surface area (Å²) < 4.78 is 0. The monoisotopic (exact) mass is 299 g/mol. The molecular weight excluding hydrogens is 270 g/mol. The molecule has 6 heteroatoms. The average molecular weight is 299 g/mol. The van der Waals surface area contributed by atoms with E-state index in [0.29, 0.717) is 19.1 Å². The fourth-order valence-electron chi connectivity index (χ4n) is 2.57. The molecule has 0 aromatic carbocycles. The molecule has 1 aliphatic rings.